The fraction of sp³-hybridized carbons (Fsp3) is 0.200. The van der Waals surface area contributed by atoms with Gasteiger partial charge >= 0.3 is 0 Å². The van der Waals surface area contributed by atoms with Gasteiger partial charge in [0.2, 0.25) is 0 Å². The Kier molecular flexibility index (Phi) is 6.73. The second-order valence-corrected chi connectivity index (χ2v) is 11.2. The van der Waals surface area contributed by atoms with E-state index in [-0.39, 0.29) is 5.56 Å². The topological polar surface area (TPSA) is 38.1 Å². The Morgan fingerprint density at radius 2 is 1.58 bits per heavy atom. The van der Waals surface area contributed by atoms with Crippen LogP contribution in [0.15, 0.2) is 101 Å². The minimum absolute atomic E-state index is 0.0603. The van der Waals surface area contributed by atoms with Crippen LogP contribution in [0.4, 0.5) is 0 Å². The number of aromatic nitrogens is 2. The maximum Gasteiger partial charge on any atom is 0.267 e. The van der Waals surface area contributed by atoms with Crippen LogP contribution < -0.4 is 5.56 Å². The average molecular weight is 510 g/mol. The summed E-state index contributed by atoms with van der Waals surface area (Å²) in [6.45, 7) is 2.89. The molecule has 2 aromatic heterocycles. The lowest BCUT2D eigenvalue weighted by molar-refractivity contribution is 0.261. The number of thioether (sulfide) groups is 1. The molecule has 0 radical (unpaired) electrons. The van der Waals surface area contributed by atoms with Crippen molar-refractivity contribution in [2.45, 2.75) is 30.0 Å². The molecule has 3 aromatic carbocycles. The molecule has 0 aliphatic carbocycles. The van der Waals surface area contributed by atoms with E-state index in [2.05, 4.69) is 47.4 Å². The summed E-state index contributed by atoms with van der Waals surface area (Å²) in [6, 6.07) is 30.9. The third-order valence-corrected chi connectivity index (χ3v) is 8.83. The first kappa shape index (κ1) is 23.2. The van der Waals surface area contributed by atoms with Gasteiger partial charge in [0.1, 0.15) is 10.7 Å². The highest BCUT2D eigenvalue weighted by molar-refractivity contribution is 7.98. The molecule has 4 nitrogen and oxygen atoms in total. The molecule has 6 heteroatoms. The van der Waals surface area contributed by atoms with Crippen molar-refractivity contribution in [2.75, 3.05) is 13.1 Å². The second kappa shape index (κ2) is 10.4. The van der Waals surface area contributed by atoms with Gasteiger partial charge in [-0.05, 0) is 48.2 Å². The third-order valence-electron chi connectivity index (χ3n) is 6.71. The molecule has 0 saturated carbocycles. The Labute approximate surface area is 219 Å². The standard InChI is InChI=1S/C30H27N3OS2/c34-30-28-25-17-19-32(18-16-22-10-4-1-5-11-22)20-26(25)36-29(28)31-27(21-35-24-14-8-3-9-15-24)33(30)23-12-6-2-7-13-23/h1-15H,16-21H2. The van der Waals surface area contributed by atoms with E-state index in [0.29, 0.717) is 5.75 Å². The molecule has 0 spiro atoms. The molecule has 0 unspecified atom stereocenters. The first-order valence-corrected chi connectivity index (χ1v) is 14.1. The Hall–Kier alpha value is -3.19. The Bertz CT molecular complexity index is 1530. The predicted molar refractivity (Wildman–Crippen MR) is 150 cm³/mol. The monoisotopic (exact) mass is 509 g/mol. The van der Waals surface area contributed by atoms with E-state index >= 15 is 0 Å². The van der Waals surface area contributed by atoms with E-state index in [1.165, 1.54) is 20.9 Å². The molecule has 1 aliphatic rings. The zero-order chi connectivity index (χ0) is 24.3. The van der Waals surface area contributed by atoms with Crippen LogP contribution in [0, 0.1) is 0 Å². The van der Waals surface area contributed by atoms with Gasteiger partial charge in [-0.3, -0.25) is 14.3 Å². The van der Waals surface area contributed by atoms with Gasteiger partial charge in [-0.15, -0.1) is 23.1 Å². The zero-order valence-electron chi connectivity index (χ0n) is 20.0. The van der Waals surface area contributed by atoms with Gasteiger partial charge in [-0.1, -0.05) is 66.7 Å². The first-order valence-electron chi connectivity index (χ1n) is 12.3. The second-order valence-electron chi connectivity index (χ2n) is 9.05. The third kappa shape index (κ3) is 4.76. The number of nitrogens with zero attached hydrogens (tertiary/aromatic N) is 3. The fourth-order valence-electron chi connectivity index (χ4n) is 4.87. The SMILES string of the molecule is O=c1c2c3c(sc2nc(CSc2ccccc2)n1-c1ccccc1)CN(CCc1ccccc1)CC3. The molecule has 3 heterocycles. The maximum absolute atomic E-state index is 14.0. The van der Waals surface area contributed by atoms with Crippen LogP contribution in [0.3, 0.4) is 0 Å². The number of hydrogen-bond donors (Lipinski definition) is 0. The van der Waals surface area contributed by atoms with E-state index in [0.717, 1.165) is 54.2 Å². The quantitative estimate of drug-likeness (QED) is 0.240. The molecule has 36 heavy (non-hydrogen) atoms. The molecule has 0 N–H and O–H groups in total. The van der Waals surface area contributed by atoms with Gasteiger partial charge in [0.15, 0.2) is 0 Å². The van der Waals surface area contributed by atoms with Crippen LogP contribution in [0.5, 0.6) is 0 Å². The van der Waals surface area contributed by atoms with Gasteiger partial charge in [-0.25, -0.2) is 4.98 Å². The zero-order valence-corrected chi connectivity index (χ0v) is 21.6. The van der Waals surface area contributed by atoms with Crippen LogP contribution in [0.1, 0.15) is 21.8 Å². The fourth-order valence-corrected chi connectivity index (χ4v) is 6.98. The summed E-state index contributed by atoms with van der Waals surface area (Å²) >= 11 is 3.42. The molecule has 5 aromatic rings. The van der Waals surface area contributed by atoms with Crippen molar-refractivity contribution in [1.82, 2.24) is 14.5 Å². The van der Waals surface area contributed by atoms with Crippen LogP contribution in [0.2, 0.25) is 0 Å². The number of fused-ring (bicyclic) bond motifs is 3. The van der Waals surface area contributed by atoms with E-state index in [4.69, 9.17) is 4.98 Å². The summed E-state index contributed by atoms with van der Waals surface area (Å²) < 4.78 is 1.83. The summed E-state index contributed by atoms with van der Waals surface area (Å²) in [4.78, 5) is 24.9. The average Bonchev–Trinajstić information content (AvgIpc) is 3.30. The Balaban J connectivity index is 1.34. The molecule has 180 valence electrons. The van der Waals surface area contributed by atoms with Crippen molar-refractivity contribution in [3.05, 3.63) is 123 Å². The molecule has 0 amide bonds. The normalized spacial score (nSPS) is 13.7. The Morgan fingerprint density at radius 1 is 0.889 bits per heavy atom. The number of thiophene rings is 1. The van der Waals surface area contributed by atoms with Crippen molar-refractivity contribution in [1.29, 1.82) is 0 Å². The molecular formula is C30H27N3OS2. The molecular weight excluding hydrogens is 482 g/mol. The van der Waals surface area contributed by atoms with Crippen LogP contribution in [-0.2, 0) is 25.1 Å². The maximum atomic E-state index is 14.0. The van der Waals surface area contributed by atoms with E-state index in [1.807, 2.05) is 53.1 Å². The van der Waals surface area contributed by atoms with Crippen LogP contribution in [-0.4, -0.2) is 27.5 Å². The van der Waals surface area contributed by atoms with Gasteiger partial charge in [-0.2, -0.15) is 0 Å². The van der Waals surface area contributed by atoms with Crippen molar-refractivity contribution in [3.63, 3.8) is 0 Å². The van der Waals surface area contributed by atoms with Gasteiger partial charge in [0.25, 0.3) is 5.56 Å². The molecule has 6 rings (SSSR count). The highest BCUT2D eigenvalue weighted by Gasteiger charge is 2.25. The van der Waals surface area contributed by atoms with E-state index < -0.39 is 0 Å². The van der Waals surface area contributed by atoms with E-state index in [1.54, 1.807) is 23.1 Å². The smallest absolute Gasteiger partial charge is 0.267 e. The number of para-hydroxylation sites is 1. The lowest BCUT2D eigenvalue weighted by atomic mass is 10.0. The molecule has 0 atom stereocenters. The number of benzene rings is 3. The van der Waals surface area contributed by atoms with E-state index in [9.17, 15) is 4.79 Å². The van der Waals surface area contributed by atoms with Gasteiger partial charge in [0, 0.05) is 29.4 Å². The molecule has 1 aliphatic heterocycles. The van der Waals surface area contributed by atoms with Crippen molar-refractivity contribution >= 4 is 33.3 Å². The van der Waals surface area contributed by atoms with Crippen molar-refractivity contribution in [2.24, 2.45) is 0 Å². The highest BCUT2D eigenvalue weighted by Crippen LogP contribution is 2.34. The molecule has 0 fully saturated rings. The predicted octanol–water partition coefficient (Wildman–Crippen LogP) is 6.34. The summed E-state index contributed by atoms with van der Waals surface area (Å²) in [5, 5.41) is 0.815. The number of rotatable bonds is 7. The minimum Gasteiger partial charge on any atom is -0.298 e. The summed E-state index contributed by atoms with van der Waals surface area (Å²) in [6.07, 6.45) is 1.94. The van der Waals surface area contributed by atoms with Crippen LogP contribution in [0.25, 0.3) is 15.9 Å². The largest absolute Gasteiger partial charge is 0.298 e. The van der Waals surface area contributed by atoms with Gasteiger partial charge < -0.3 is 0 Å². The lowest BCUT2D eigenvalue weighted by Crippen LogP contribution is -2.32. The molecule has 0 saturated heterocycles. The lowest BCUT2D eigenvalue weighted by Gasteiger charge is -2.26. The van der Waals surface area contributed by atoms with Crippen molar-refractivity contribution in [3.8, 4) is 5.69 Å². The first-order chi connectivity index (χ1) is 17.8. The highest BCUT2D eigenvalue weighted by atomic mass is 32.2. The number of hydrogen-bond acceptors (Lipinski definition) is 5. The van der Waals surface area contributed by atoms with Gasteiger partial charge in [0.05, 0.1) is 16.8 Å². The van der Waals surface area contributed by atoms with Crippen molar-refractivity contribution < 1.29 is 0 Å². The summed E-state index contributed by atoms with van der Waals surface area (Å²) in [5.74, 6) is 1.43. The molecule has 0 bridgehead atoms. The minimum atomic E-state index is 0.0603. The van der Waals surface area contributed by atoms with Crippen LogP contribution >= 0.6 is 23.1 Å². The summed E-state index contributed by atoms with van der Waals surface area (Å²) in [7, 11) is 0. The Morgan fingerprint density at radius 3 is 2.33 bits per heavy atom. The summed E-state index contributed by atoms with van der Waals surface area (Å²) in [5.41, 5.74) is 3.51.